The van der Waals surface area contributed by atoms with Crippen LogP contribution < -0.4 is 0 Å². The fourth-order valence-corrected chi connectivity index (χ4v) is 2.85. The topological polar surface area (TPSA) is 12.9 Å². The van der Waals surface area contributed by atoms with Crippen molar-refractivity contribution in [1.29, 1.82) is 0 Å². The minimum absolute atomic E-state index is 0. The molecule has 0 bridgehead atoms. The molecule has 0 amide bonds. The molecule has 0 unspecified atom stereocenters. The van der Waals surface area contributed by atoms with E-state index in [0.717, 1.165) is 12.1 Å². The van der Waals surface area contributed by atoms with E-state index in [0.29, 0.717) is 0 Å². The summed E-state index contributed by atoms with van der Waals surface area (Å²) in [6.07, 6.45) is 2.86. The van der Waals surface area contributed by atoms with Gasteiger partial charge < -0.3 is 0 Å². The summed E-state index contributed by atoms with van der Waals surface area (Å²) >= 11 is 0. The zero-order chi connectivity index (χ0) is 14.9. The van der Waals surface area contributed by atoms with Gasteiger partial charge in [-0.25, -0.2) is 0 Å². The number of pyridine rings is 1. The third-order valence-corrected chi connectivity index (χ3v) is 4.16. The van der Waals surface area contributed by atoms with Crippen LogP contribution in [0.2, 0.25) is 0 Å². The van der Waals surface area contributed by atoms with Gasteiger partial charge in [0, 0.05) is 37.4 Å². The number of aryl methyl sites for hydroxylation is 1. The van der Waals surface area contributed by atoms with E-state index in [1.807, 2.05) is 12.3 Å². The maximum Gasteiger partial charge on any atom is 0.0482 e. The summed E-state index contributed by atoms with van der Waals surface area (Å²) in [7, 11) is 0. The summed E-state index contributed by atoms with van der Waals surface area (Å²) in [6.45, 7) is 6.64. The molecule has 1 radical (unpaired) electrons. The molecule has 0 aliphatic carbocycles. The van der Waals surface area contributed by atoms with Crippen LogP contribution in [-0.2, 0) is 31.9 Å². The van der Waals surface area contributed by atoms with Gasteiger partial charge in [-0.05, 0) is 12.1 Å². The van der Waals surface area contributed by atoms with Crippen molar-refractivity contribution < 1.29 is 20.1 Å². The van der Waals surface area contributed by atoms with Gasteiger partial charge in [0.25, 0.3) is 0 Å². The van der Waals surface area contributed by atoms with E-state index >= 15 is 0 Å². The van der Waals surface area contributed by atoms with Gasteiger partial charge in [0.1, 0.15) is 0 Å². The smallest absolute Gasteiger partial charge is 0.0482 e. The molecule has 3 aromatic rings. The van der Waals surface area contributed by atoms with Crippen molar-refractivity contribution in [2.24, 2.45) is 0 Å². The molecule has 0 atom stereocenters. The molecule has 1 nitrogen and oxygen atoms in total. The van der Waals surface area contributed by atoms with E-state index in [4.69, 9.17) is 0 Å². The summed E-state index contributed by atoms with van der Waals surface area (Å²) in [5.41, 5.74) is 3.41. The Balaban J connectivity index is 0.00000176. The molecule has 0 saturated heterocycles. The Morgan fingerprint density at radius 1 is 1.05 bits per heavy atom. The average Bonchev–Trinajstić information content (AvgIpc) is 2.54. The number of nitrogens with zero attached hydrogens (tertiary/aromatic N) is 1. The standard InChI is InChI=1S/C20H20N.Ir/c1-4-15-13-16-9-5-6-10-17(16)18(14-15)20(2,3)19-11-7-8-12-21-19;/h5-13H,4H2,1-3H3;/q-1;. The second-order valence-corrected chi connectivity index (χ2v) is 5.95. The Labute approximate surface area is 146 Å². The van der Waals surface area contributed by atoms with E-state index in [2.05, 4.69) is 74.3 Å². The first-order valence-corrected chi connectivity index (χ1v) is 7.49. The molecule has 0 aliphatic rings. The van der Waals surface area contributed by atoms with Gasteiger partial charge in [0.15, 0.2) is 0 Å². The minimum atomic E-state index is -0.161. The summed E-state index contributed by atoms with van der Waals surface area (Å²) in [6, 6.07) is 20.6. The summed E-state index contributed by atoms with van der Waals surface area (Å²) in [4.78, 5) is 4.57. The van der Waals surface area contributed by atoms with E-state index in [1.54, 1.807) is 0 Å². The third kappa shape index (κ3) is 2.99. The molecular weight excluding hydrogens is 446 g/mol. The molecular formula is C20H20IrN-. The van der Waals surface area contributed by atoms with E-state index in [1.165, 1.54) is 21.9 Å². The summed E-state index contributed by atoms with van der Waals surface area (Å²) in [5.74, 6) is 0. The average molecular weight is 467 g/mol. The monoisotopic (exact) mass is 467 g/mol. The van der Waals surface area contributed by atoms with Crippen molar-refractivity contribution in [3.63, 3.8) is 0 Å². The van der Waals surface area contributed by atoms with Crippen molar-refractivity contribution >= 4 is 10.8 Å². The maximum absolute atomic E-state index is 4.57. The molecule has 0 spiro atoms. The van der Waals surface area contributed by atoms with Gasteiger partial charge >= 0.3 is 0 Å². The maximum atomic E-state index is 4.57. The van der Waals surface area contributed by atoms with Crippen molar-refractivity contribution in [1.82, 2.24) is 4.98 Å². The van der Waals surface area contributed by atoms with E-state index in [-0.39, 0.29) is 25.5 Å². The second-order valence-electron chi connectivity index (χ2n) is 5.95. The molecule has 22 heavy (non-hydrogen) atoms. The quantitative estimate of drug-likeness (QED) is 0.500. The van der Waals surface area contributed by atoms with Gasteiger partial charge in [0.05, 0.1) is 0 Å². The zero-order valence-electron chi connectivity index (χ0n) is 13.2. The van der Waals surface area contributed by atoms with Crippen LogP contribution in [-0.4, -0.2) is 4.98 Å². The van der Waals surface area contributed by atoms with Gasteiger partial charge in [0.2, 0.25) is 0 Å². The molecule has 0 saturated carbocycles. The molecule has 2 heteroatoms. The summed E-state index contributed by atoms with van der Waals surface area (Å²) in [5, 5.41) is 2.55. The SMILES string of the molecule is CCc1[c-]c(C(C)(C)c2ccccn2)c2ccccc2c1.[Ir]. The van der Waals surface area contributed by atoms with Gasteiger partial charge in [-0.3, -0.25) is 4.98 Å². The van der Waals surface area contributed by atoms with Crippen LogP contribution in [0.3, 0.4) is 0 Å². The fourth-order valence-electron chi connectivity index (χ4n) is 2.85. The van der Waals surface area contributed by atoms with Gasteiger partial charge in [-0.15, -0.1) is 22.4 Å². The molecule has 0 N–H and O–H groups in total. The Bertz CT molecular complexity index is 763. The van der Waals surface area contributed by atoms with Crippen LogP contribution in [0.4, 0.5) is 0 Å². The molecule has 1 heterocycles. The molecule has 1 aromatic heterocycles. The van der Waals surface area contributed by atoms with Crippen LogP contribution in [0.15, 0.2) is 54.7 Å². The summed E-state index contributed by atoms with van der Waals surface area (Å²) < 4.78 is 0. The van der Waals surface area contributed by atoms with Crippen LogP contribution in [0.5, 0.6) is 0 Å². The van der Waals surface area contributed by atoms with Crippen LogP contribution in [0.25, 0.3) is 10.8 Å². The Hall–Kier alpha value is -1.50. The van der Waals surface area contributed by atoms with Crippen molar-refractivity contribution in [2.75, 3.05) is 0 Å². The number of aromatic nitrogens is 1. The third-order valence-electron chi connectivity index (χ3n) is 4.16. The first-order chi connectivity index (χ1) is 10.1. The van der Waals surface area contributed by atoms with Gasteiger partial charge in [-0.1, -0.05) is 51.5 Å². The second kappa shape index (κ2) is 6.73. The Morgan fingerprint density at radius 2 is 1.77 bits per heavy atom. The molecule has 0 fully saturated rings. The van der Waals surface area contributed by atoms with Crippen molar-refractivity contribution in [3.05, 3.63) is 77.6 Å². The molecule has 3 rings (SSSR count). The van der Waals surface area contributed by atoms with Crippen LogP contribution in [0.1, 0.15) is 37.6 Å². The first-order valence-electron chi connectivity index (χ1n) is 7.49. The van der Waals surface area contributed by atoms with Crippen LogP contribution >= 0.6 is 0 Å². The molecule has 2 aromatic carbocycles. The number of hydrogen-bond donors (Lipinski definition) is 0. The van der Waals surface area contributed by atoms with Crippen LogP contribution in [0, 0.1) is 6.07 Å². The predicted octanol–water partition coefficient (Wildman–Crippen LogP) is 4.92. The number of benzene rings is 2. The molecule has 0 aliphatic heterocycles. The normalized spacial score (nSPS) is 11.2. The fraction of sp³-hybridized carbons (Fsp3) is 0.250. The van der Waals surface area contributed by atoms with Crippen molar-refractivity contribution in [2.45, 2.75) is 32.6 Å². The Morgan fingerprint density at radius 3 is 2.45 bits per heavy atom. The number of fused-ring (bicyclic) bond motifs is 1. The number of rotatable bonds is 3. The predicted molar refractivity (Wildman–Crippen MR) is 88.5 cm³/mol. The van der Waals surface area contributed by atoms with E-state index < -0.39 is 0 Å². The van der Waals surface area contributed by atoms with Gasteiger partial charge in [-0.2, -0.15) is 17.7 Å². The first kappa shape index (κ1) is 16.9. The minimum Gasteiger partial charge on any atom is -0.260 e. The zero-order valence-corrected chi connectivity index (χ0v) is 15.6. The molecule has 115 valence electrons. The number of hydrogen-bond acceptors (Lipinski definition) is 1. The van der Waals surface area contributed by atoms with Crippen molar-refractivity contribution in [3.8, 4) is 0 Å². The van der Waals surface area contributed by atoms with E-state index in [9.17, 15) is 0 Å². The largest absolute Gasteiger partial charge is 0.260 e. The Kier molecular flexibility index (Phi) is 5.16.